The monoisotopic (exact) mass is 239 g/mol. The van der Waals surface area contributed by atoms with E-state index in [1.807, 2.05) is 0 Å². The Morgan fingerprint density at radius 3 is 2.60 bits per heavy atom. The van der Waals surface area contributed by atoms with Gasteiger partial charge in [-0.1, -0.05) is 35.1 Å². The first-order chi connectivity index (χ1) is 7.13. The summed E-state index contributed by atoms with van der Waals surface area (Å²) in [7, 11) is 1.63. The van der Waals surface area contributed by atoms with Gasteiger partial charge in [0.15, 0.2) is 0 Å². The fourth-order valence-corrected chi connectivity index (χ4v) is 2.63. The van der Waals surface area contributed by atoms with E-state index in [1.54, 1.807) is 10.8 Å². The van der Waals surface area contributed by atoms with Crippen molar-refractivity contribution in [3.05, 3.63) is 35.4 Å². The van der Waals surface area contributed by atoms with Crippen LogP contribution in [-0.2, 0) is 13.0 Å². The molecule has 1 aromatic rings. The molecule has 2 rings (SSSR count). The Bertz CT molecular complexity index is 349. The van der Waals surface area contributed by atoms with E-state index >= 15 is 0 Å². The van der Waals surface area contributed by atoms with Crippen molar-refractivity contribution in [3.8, 4) is 0 Å². The van der Waals surface area contributed by atoms with Gasteiger partial charge in [0.2, 0.25) is 0 Å². The predicted octanol–water partition coefficient (Wildman–Crippen LogP) is 3.36. The molecule has 1 aliphatic heterocycles. The fourth-order valence-electron chi connectivity index (χ4n) is 2.01. The Kier molecular flexibility index (Phi) is 3.33. The van der Waals surface area contributed by atoms with Gasteiger partial charge in [0.1, 0.15) is 0 Å². The number of hydrogen-bond donors (Lipinski definition) is 1. The van der Waals surface area contributed by atoms with Gasteiger partial charge in [-0.2, -0.15) is 0 Å². The van der Waals surface area contributed by atoms with Crippen molar-refractivity contribution in [1.82, 2.24) is 4.90 Å². The van der Waals surface area contributed by atoms with Crippen molar-refractivity contribution in [1.29, 1.82) is 0 Å². The number of thiol groups is 1. The first kappa shape index (κ1) is 11.4. The van der Waals surface area contributed by atoms with Crippen LogP contribution >= 0.6 is 22.5 Å². The van der Waals surface area contributed by atoms with Crippen LogP contribution in [-0.4, -0.2) is 16.3 Å². The highest BCUT2D eigenvalue weighted by atomic mass is 33.1. The Balaban J connectivity index is 2.19. The summed E-state index contributed by atoms with van der Waals surface area (Å²) in [6, 6.07) is 8.74. The van der Waals surface area contributed by atoms with Crippen LogP contribution in [0.15, 0.2) is 24.3 Å². The van der Waals surface area contributed by atoms with Crippen LogP contribution in [0.2, 0.25) is 0 Å². The molecule has 82 valence electrons. The first-order valence-corrected chi connectivity index (χ1v) is 7.15. The van der Waals surface area contributed by atoms with Crippen LogP contribution in [0.25, 0.3) is 0 Å². The highest BCUT2D eigenvalue weighted by Crippen LogP contribution is 2.34. The van der Waals surface area contributed by atoms with Crippen LogP contribution in [0.5, 0.6) is 0 Å². The van der Waals surface area contributed by atoms with Gasteiger partial charge in [0.05, 0.1) is 4.87 Å². The Morgan fingerprint density at radius 1 is 1.27 bits per heavy atom. The number of benzene rings is 1. The van der Waals surface area contributed by atoms with Crippen molar-refractivity contribution in [2.24, 2.45) is 0 Å². The molecule has 0 aromatic heterocycles. The standard InChI is InChI=1S/C12H17NS2/c1-12(2,15-14)13-8-7-10-5-3-4-6-11(10)9-13/h3-6,14H,7-9H2,1-2H3. The summed E-state index contributed by atoms with van der Waals surface area (Å²) in [5, 5.41) is 0. The lowest BCUT2D eigenvalue weighted by atomic mass is 9.99. The lowest BCUT2D eigenvalue weighted by Crippen LogP contribution is -2.43. The molecule has 1 aromatic carbocycles. The maximum absolute atomic E-state index is 4.36. The summed E-state index contributed by atoms with van der Waals surface area (Å²) in [5.74, 6) is 0. The zero-order valence-corrected chi connectivity index (χ0v) is 10.9. The summed E-state index contributed by atoms with van der Waals surface area (Å²) in [6.07, 6.45) is 1.16. The van der Waals surface area contributed by atoms with Crippen molar-refractivity contribution in [2.75, 3.05) is 6.54 Å². The third kappa shape index (κ3) is 2.35. The molecule has 0 saturated heterocycles. The molecule has 1 nitrogen and oxygen atoms in total. The summed E-state index contributed by atoms with van der Waals surface area (Å²) in [4.78, 5) is 2.61. The average molecular weight is 239 g/mol. The van der Waals surface area contributed by atoms with Crippen LogP contribution in [0.1, 0.15) is 25.0 Å². The minimum absolute atomic E-state index is 0.122. The maximum atomic E-state index is 4.36. The second-order valence-electron chi connectivity index (χ2n) is 4.48. The molecule has 3 heteroatoms. The van der Waals surface area contributed by atoms with Crippen LogP contribution in [0.4, 0.5) is 0 Å². The van der Waals surface area contributed by atoms with Gasteiger partial charge in [-0.3, -0.25) is 4.90 Å². The van der Waals surface area contributed by atoms with Crippen LogP contribution < -0.4 is 0 Å². The summed E-state index contributed by atoms with van der Waals surface area (Å²) in [6.45, 7) is 6.66. The van der Waals surface area contributed by atoms with E-state index in [1.165, 1.54) is 11.1 Å². The van der Waals surface area contributed by atoms with Crippen molar-refractivity contribution in [3.63, 3.8) is 0 Å². The van der Waals surface area contributed by atoms with Crippen LogP contribution in [0.3, 0.4) is 0 Å². The predicted molar refractivity (Wildman–Crippen MR) is 71.2 cm³/mol. The van der Waals surface area contributed by atoms with E-state index in [4.69, 9.17) is 0 Å². The zero-order chi connectivity index (χ0) is 10.9. The van der Waals surface area contributed by atoms with Gasteiger partial charge in [0, 0.05) is 13.1 Å². The minimum atomic E-state index is 0.122. The van der Waals surface area contributed by atoms with Crippen molar-refractivity contribution < 1.29 is 0 Å². The smallest absolute Gasteiger partial charge is 0.0716 e. The molecular formula is C12H17NS2. The number of rotatable bonds is 2. The average Bonchev–Trinajstić information content (AvgIpc) is 2.28. The molecule has 1 heterocycles. The molecule has 0 spiro atoms. The van der Waals surface area contributed by atoms with E-state index < -0.39 is 0 Å². The van der Waals surface area contributed by atoms with E-state index in [2.05, 4.69) is 54.7 Å². The van der Waals surface area contributed by atoms with Gasteiger partial charge in [-0.05, 0) is 31.4 Å². The Hall–Kier alpha value is -0.120. The number of nitrogens with zero attached hydrogens (tertiary/aromatic N) is 1. The van der Waals surface area contributed by atoms with Gasteiger partial charge in [0.25, 0.3) is 0 Å². The number of fused-ring (bicyclic) bond motifs is 1. The van der Waals surface area contributed by atoms with Gasteiger partial charge < -0.3 is 0 Å². The van der Waals surface area contributed by atoms with Crippen LogP contribution in [0, 0.1) is 0 Å². The Labute approximate surface area is 101 Å². The minimum Gasteiger partial charge on any atom is -0.284 e. The fraction of sp³-hybridized carbons (Fsp3) is 0.500. The second kappa shape index (κ2) is 4.40. The lowest BCUT2D eigenvalue weighted by molar-refractivity contribution is 0.179. The first-order valence-electron chi connectivity index (χ1n) is 5.28. The Morgan fingerprint density at radius 2 is 1.93 bits per heavy atom. The third-order valence-electron chi connectivity index (χ3n) is 3.12. The molecule has 0 bridgehead atoms. The second-order valence-corrected chi connectivity index (χ2v) is 6.21. The van der Waals surface area contributed by atoms with Crippen molar-refractivity contribution in [2.45, 2.75) is 31.7 Å². The van der Waals surface area contributed by atoms with E-state index in [-0.39, 0.29) is 4.87 Å². The molecule has 0 saturated carbocycles. The molecule has 1 aliphatic rings. The van der Waals surface area contributed by atoms with E-state index in [9.17, 15) is 0 Å². The lowest BCUT2D eigenvalue weighted by Gasteiger charge is -2.39. The highest BCUT2D eigenvalue weighted by molar-refractivity contribution is 8.69. The topological polar surface area (TPSA) is 3.24 Å². The normalized spacial score (nSPS) is 17.5. The van der Waals surface area contributed by atoms with E-state index in [0.29, 0.717) is 0 Å². The zero-order valence-electron chi connectivity index (χ0n) is 9.23. The molecule has 0 fully saturated rings. The molecular weight excluding hydrogens is 222 g/mol. The molecule has 0 radical (unpaired) electrons. The maximum Gasteiger partial charge on any atom is 0.0716 e. The molecule has 0 atom stereocenters. The summed E-state index contributed by atoms with van der Waals surface area (Å²) in [5.41, 5.74) is 2.98. The number of hydrogen-bond acceptors (Lipinski definition) is 3. The molecule has 15 heavy (non-hydrogen) atoms. The largest absolute Gasteiger partial charge is 0.284 e. The third-order valence-corrected chi connectivity index (χ3v) is 5.16. The summed E-state index contributed by atoms with van der Waals surface area (Å²) >= 11 is 4.36. The van der Waals surface area contributed by atoms with Gasteiger partial charge in [-0.15, -0.1) is 11.7 Å². The SMILES string of the molecule is CC(C)(SS)N1CCc2ccccc2C1. The quantitative estimate of drug-likeness (QED) is 0.623. The summed E-state index contributed by atoms with van der Waals surface area (Å²) < 4.78 is 0. The molecule has 0 amide bonds. The molecule has 0 aliphatic carbocycles. The van der Waals surface area contributed by atoms with E-state index in [0.717, 1.165) is 19.5 Å². The molecule has 0 N–H and O–H groups in total. The van der Waals surface area contributed by atoms with Crippen molar-refractivity contribution >= 4 is 22.5 Å². The van der Waals surface area contributed by atoms with Gasteiger partial charge >= 0.3 is 0 Å². The molecule has 0 unspecified atom stereocenters. The van der Waals surface area contributed by atoms with Gasteiger partial charge in [-0.25, -0.2) is 0 Å². The highest BCUT2D eigenvalue weighted by Gasteiger charge is 2.29.